The predicted molar refractivity (Wildman–Crippen MR) is 79.6 cm³/mol. The molecule has 0 radical (unpaired) electrons. The Morgan fingerprint density at radius 1 is 0.917 bits per heavy atom. The van der Waals surface area contributed by atoms with Gasteiger partial charge in [-0.25, -0.2) is 9.59 Å². The molecule has 0 saturated carbocycles. The number of ether oxygens (including phenoxy) is 1. The summed E-state index contributed by atoms with van der Waals surface area (Å²) in [5.74, 6) is -5.88. The summed E-state index contributed by atoms with van der Waals surface area (Å²) in [7, 11) is 0. The minimum Gasteiger partial charge on any atom is -0.481 e. The van der Waals surface area contributed by atoms with Crippen molar-refractivity contribution in [3.63, 3.8) is 0 Å². The monoisotopic (exact) mass is 352 g/mol. The lowest BCUT2D eigenvalue weighted by Gasteiger charge is -2.14. The minimum absolute atomic E-state index is 0.0291. The third kappa shape index (κ3) is 11.4. The lowest BCUT2D eigenvalue weighted by molar-refractivity contribution is -0.170. The van der Waals surface area contributed by atoms with E-state index in [1.165, 1.54) is 6.92 Å². The summed E-state index contributed by atoms with van der Waals surface area (Å²) in [6.07, 6.45) is -1.88. The van der Waals surface area contributed by atoms with E-state index in [1.54, 1.807) is 0 Å². The highest BCUT2D eigenvalue weighted by Crippen LogP contribution is 2.12. The second-order valence-corrected chi connectivity index (χ2v) is 4.77. The molecule has 0 aliphatic heterocycles. The average Bonchev–Trinajstić information content (AvgIpc) is 2.48. The quantitative estimate of drug-likeness (QED) is 0.346. The number of carboxylic acids is 4. The molecule has 0 spiro atoms. The van der Waals surface area contributed by atoms with Gasteiger partial charge in [0.05, 0.1) is 12.3 Å². The van der Waals surface area contributed by atoms with E-state index in [-0.39, 0.29) is 13.0 Å². The number of carbonyl (C=O) groups is 4. The fourth-order valence-electron chi connectivity index (χ4n) is 1.58. The first kappa shape index (κ1) is 24.1. The van der Waals surface area contributed by atoms with Gasteiger partial charge in [-0.15, -0.1) is 0 Å². The van der Waals surface area contributed by atoms with Crippen molar-refractivity contribution in [1.29, 1.82) is 0 Å². The van der Waals surface area contributed by atoms with Gasteiger partial charge >= 0.3 is 23.9 Å². The van der Waals surface area contributed by atoms with E-state index < -0.39 is 42.0 Å². The van der Waals surface area contributed by atoms with Gasteiger partial charge in [-0.3, -0.25) is 9.59 Å². The largest absolute Gasteiger partial charge is 0.481 e. The number of aliphatic carboxylic acids is 4. The molecule has 10 nitrogen and oxygen atoms in total. The highest BCUT2D eigenvalue weighted by Gasteiger charge is 2.32. The molecule has 0 aromatic carbocycles. The fraction of sp³-hybridized carbons (Fsp3) is 0.714. The first-order chi connectivity index (χ1) is 11.1. The molecule has 10 heteroatoms. The third-order valence-electron chi connectivity index (χ3n) is 2.81. The molecular formula is C14H24O10. The minimum atomic E-state index is -2.03. The van der Waals surface area contributed by atoms with Crippen molar-refractivity contribution >= 4 is 23.9 Å². The van der Waals surface area contributed by atoms with Crippen LogP contribution in [0.2, 0.25) is 0 Å². The van der Waals surface area contributed by atoms with E-state index in [9.17, 15) is 19.2 Å². The van der Waals surface area contributed by atoms with Gasteiger partial charge in [0.2, 0.25) is 0 Å². The molecule has 5 N–H and O–H groups in total. The Bertz CT molecular complexity index is 408. The van der Waals surface area contributed by atoms with E-state index in [0.717, 1.165) is 12.8 Å². The SMILES string of the molecule is CCCCC(CC(=O)O)C(=O)O.CCOC(C(=O)O)C(O)C(=O)O. The molecule has 0 bridgehead atoms. The molecule has 0 heterocycles. The molecule has 0 aliphatic carbocycles. The van der Waals surface area contributed by atoms with Crippen molar-refractivity contribution < 1.29 is 49.4 Å². The van der Waals surface area contributed by atoms with Gasteiger partial charge < -0.3 is 30.3 Å². The lowest BCUT2D eigenvalue weighted by atomic mass is 9.99. The van der Waals surface area contributed by atoms with Crippen LogP contribution in [0.5, 0.6) is 0 Å². The smallest absolute Gasteiger partial charge is 0.336 e. The molecule has 140 valence electrons. The maximum Gasteiger partial charge on any atom is 0.336 e. The summed E-state index contributed by atoms with van der Waals surface area (Å²) in [6, 6.07) is 0. The van der Waals surface area contributed by atoms with Gasteiger partial charge in [0, 0.05) is 6.61 Å². The molecule has 24 heavy (non-hydrogen) atoms. The molecule has 0 amide bonds. The topological polar surface area (TPSA) is 179 Å². The molecule has 0 saturated heterocycles. The lowest BCUT2D eigenvalue weighted by Crippen LogP contribution is -2.41. The maximum atomic E-state index is 10.5. The van der Waals surface area contributed by atoms with Gasteiger partial charge in [-0.05, 0) is 13.3 Å². The van der Waals surface area contributed by atoms with Gasteiger partial charge in [0.25, 0.3) is 0 Å². The number of aliphatic hydroxyl groups is 1. The molecule has 0 aromatic heterocycles. The van der Waals surface area contributed by atoms with Crippen LogP contribution in [-0.4, -0.2) is 68.2 Å². The number of hydrogen-bond acceptors (Lipinski definition) is 6. The first-order valence-corrected chi connectivity index (χ1v) is 7.28. The molecule has 3 atom stereocenters. The summed E-state index contributed by atoms with van der Waals surface area (Å²) in [5, 5.41) is 42.3. The van der Waals surface area contributed by atoms with Crippen LogP contribution < -0.4 is 0 Å². The zero-order valence-corrected chi connectivity index (χ0v) is 13.5. The molecule has 0 aromatic rings. The van der Waals surface area contributed by atoms with Crippen LogP contribution in [0.25, 0.3) is 0 Å². The standard InChI is InChI=1S/C8H14O4.C6H10O6/c1-2-3-4-6(8(11)12)5-7(9)10;1-2-12-4(6(10)11)3(7)5(8)9/h6H,2-5H2,1H3,(H,9,10)(H,11,12);3-4,7H,2H2,1H3,(H,8,9)(H,10,11). The van der Waals surface area contributed by atoms with Crippen molar-refractivity contribution in [2.75, 3.05) is 6.61 Å². The molecule has 3 unspecified atom stereocenters. The van der Waals surface area contributed by atoms with Gasteiger partial charge in [-0.1, -0.05) is 19.8 Å². The predicted octanol–water partition coefficient (Wildman–Crippen LogP) is 0.274. The fourth-order valence-corrected chi connectivity index (χ4v) is 1.58. The van der Waals surface area contributed by atoms with Crippen LogP contribution >= 0.6 is 0 Å². The highest BCUT2D eigenvalue weighted by molar-refractivity contribution is 5.83. The Kier molecular flexibility index (Phi) is 13.3. The van der Waals surface area contributed by atoms with E-state index in [0.29, 0.717) is 6.42 Å². The van der Waals surface area contributed by atoms with E-state index >= 15 is 0 Å². The highest BCUT2D eigenvalue weighted by atomic mass is 16.5. The summed E-state index contributed by atoms with van der Waals surface area (Å²) >= 11 is 0. The van der Waals surface area contributed by atoms with E-state index in [2.05, 4.69) is 4.74 Å². The first-order valence-electron chi connectivity index (χ1n) is 7.28. The second kappa shape index (κ2) is 13.3. The van der Waals surface area contributed by atoms with Crippen LogP contribution in [0.4, 0.5) is 0 Å². The maximum absolute atomic E-state index is 10.5. The van der Waals surface area contributed by atoms with Crippen LogP contribution in [0.1, 0.15) is 39.5 Å². The summed E-state index contributed by atoms with van der Waals surface area (Å²) in [5.41, 5.74) is 0. The zero-order chi connectivity index (χ0) is 19.3. The second-order valence-electron chi connectivity index (χ2n) is 4.77. The third-order valence-corrected chi connectivity index (χ3v) is 2.81. The Balaban J connectivity index is 0. The summed E-state index contributed by atoms with van der Waals surface area (Å²) in [6.45, 7) is 3.48. The van der Waals surface area contributed by atoms with Crippen LogP contribution in [0, 0.1) is 5.92 Å². The average molecular weight is 352 g/mol. The number of aliphatic hydroxyl groups excluding tert-OH is 1. The van der Waals surface area contributed by atoms with Gasteiger partial charge in [0.1, 0.15) is 0 Å². The van der Waals surface area contributed by atoms with Crippen LogP contribution in [0.15, 0.2) is 0 Å². The number of hydrogen-bond donors (Lipinski definition) is 5. The Hall–Kier alpha value is -2.20. The number of carboxylic acid groups (broad SMARTS) is 4. The Labute approximate surface area is 138 Å². The van der Waals surface area contributed by atoms with Gasteiger partial charge in [-0.2, -0.15) is 0 Å². The molecule has 0 rings (SSSR count). The van der Waals surface area contributed by atoms with E-state index in [1.807, 2.05) is 6.92 Å². The van der Waals surface area contributed by atoms with Crippen molar-refractivity contribution in [2.24, 2.45) is 5.92 Å². The normalized spacial score (nSPS) is 13.8. The van der Waals surface area contributed by atoms with Crippen molar-refractivity contribution in [2.45, 2.75) is 51.7 Å². The summed E-state index contributed by atoms with van der Waals surface area (Å²) < 4.78 is 4.50. The zero-order valence-electron chi connectivity index (χ0n) is 13.5. The van der Waals surface area contributed by atoms with Crippen LogP contribution in [0.3, 0.4) is 0 Å². The molecular weight excluding hydrogens is 328 g/mol. The van der Waals surface area contributed by atoms with Crippen molar-refractivity contribution in [3.8, 4) is 0 Å². The summed E-state index contributed by atoms with van der Waals surface area (Å²) in [4.78, 5) is 41.1. The molecule has 0 fully saturated rings. The Morgan fingerprint density at radius 3 is 1.75 bits per heavy atom. The number of rotatable bonds is 11. The van der Waals surface area contributed by atoms with E-state index in [4.69, 9.17) is 25.5 Å². The van der Waals surface area contributed by atoms with Crippen molar-refractivity contribution in [3.05, 3.63) is 0 Å². The van der Waals surface area contributed by atoms with Gasteiger partial charge in [0.15, 0.2) is 12.2 Å². The molecule has 0 aliphatic rings. The van der Waals surface area contributed by atoms with Crippen molar-refractivity contribution in [1.82, 2.24) is 0 Å². The Morgan fingerprint density at radius 2 is 1.46 bits per heavy atom. The number of unbranched alkanes of at least 4 members (excludes halogenated alkanes) is 1. The van der Waals surface area contributed by atoms with Crippen LogP contribution in [-0.2, 0) is 23.9 Å².